The average Bonchev–Trinajstić information content (AvgIpc) is 2.33. The first kappa shape index (κ1) is 15.4. The number of ether oxygens (including phenoxy) is 1. The molecule has 0 aliphatic carbocycles. The molecule has 0 amide bonds. The summed E-state index contributed by atoms with van der Waals surface area (Å²) in [6, 6.07) is 3.41. The lowest BCUT2D eigenvalue weighted by Crippen LogP contribution is -2.40. The Morgan fingerprint density at radius 1 is 1.47 bits per heavy atom. The standard InChI is InChI=1S/C13H19F2N3O/c1-9(8-19-2)18-13(16)17-6-5-10-7-11(14)3-4-12(10)15/h3-4,7,9H,5-6,8H2,1-2H3,(H3,16,17,18). The third-order valence-electron chi connectivity index (χ3n) is 2.48. The molecule has 0 aliphatic heterocycles. The van der Waals surface area contributed by atoms with Crippen molar-refractivity contribution in [2.75, 3.05) is 20.3 Å². The third kappa shape index (κ3) is 5.65. The molecule has 1 atom stereocenters. The highest BCUT2D eigenvalue weighted by atomic mass is 19.1. The molecule has 0 heterocycles. The molecular formula is C13H19F2N3O. The lowest BCUT2D eigenvalue weighted by molar-refractivity contribution is 0.179. The van der Waals surface area contributed by atoms with E-state index in [0.29, 0.717) is 25.1 Å². The predicted octanol–water partition coefficient (Wildman–Crippen LogP) is 1.45. The topological polar surface area (TPSA) is 59.6 Å². The SMILES string of the molecule is COCC(C)NC(N)=NCCc1cc(F)ccc1F. The Bertz CT molecular complexity index is 438. The molecule has 1 aromatic rings. The second-order valence-corrected chi connectivity index (χ2v) is 4.25. The van der Waals surface area contributed by atoms with Crippen molar-refractivity contribution in [1.82, 2.24) is 5.32 Å². The van der Waals surface area contributed by atoms with Gasteiger partial charge in [0.25, 0.3) is 0 Å². The van der Waals surface area contributed by atoms with Crippen molar-refractivity contribution >= 4 is 5.96 Å². The summed E-state index contributed by atoms with van der Waals surface area (Å²) in [7, 11) is 1.60. The smallest absolute Gasteiger partial charge is 0.188 e. The molecule has 19 heavy (non-hydrogen) atoms. The number of hydrogen-bond acceptors (Lipinski definition) is 2. The van der Waals surface area contributed by atoms with E-state index in [1.807, 2.05) is 6.92 Å². The van der Waals surface area contributed by atoms with E-state index >= 15 is 0 Å². The number of halogens is 2. The lowest BCUT2D eigenvalue weighted by atomic mass is 10.1. The Hall–Kier alpha value is -1.69. The van der Waals surface area contributed by atoms with E-state index < -0.39 is 11.6 Å². The van der Waals surface area contributed by atoms with Crippen molar-refractivity contribution in [3.8, 4) is 0 Å². The maximum Gasteiger partial charge on any atom is 0.188 e. The Balaban J connectivity index is 2.46. The molecule has 1 aromatic carbocycles. The first-order chi connectivity index (χ1) is 9.02. The van der Waals surface area contributed by atoms with Crippen LogP contribution in [0, 0.1) is 11.6 Å². The van der Waals surface area contributed by atoms with Crippen LogP contribution in [0.25, 0.3) is 0 Å². The molecule has 0 aliphatic rings. The van der Waals surface area contributed by atoms with Gasteiger partial charge in [0, 0.05) is 19.7 Å². The van der Waals surface area contributed by atoms with Gasteiger partial charge in [0.15, 0.2) is 5.96 Å². The van der Waals surface area contributed by atoms with Gasteiger partial charge in [-0.15, -0.1) is 0 Å². The van der Waals surface area contributed by atoms with E-state index in [1.54, 1.807) is 7.11 Å². The number of nitrogens with zero attached hydrogens (tertiary/aromatic N) is 1. The number of rotatable bonds is 6. The van der Waals surface area contributed by atoms with Crippen LogP contribution >= 0.6 is 0 Å². The molecule has 0 radical (unpaired) electrons. The molecule has 0 aromatic heterocycles. The van der Waals surface area contributed by atoms with Crippen LogP contribution in [0.3, 0.4) is 0 Å². The van der Waals surface area contributed by atoms with Crippen LogP contribution in [-0.4, -0.2) is 32.3 Å². The fraction of sp³-hybridized carbons (Fsp3) is 0.462. The van der Waals surface area contributed by atoms with Crippen molar-refractivity contribution in [1.29, 1.82) is 0 Å². The van der Waals surface area contributed by atoms with Crippen LogP contribution in [0.2, 0.25) is 0 Å². The highest BCUT2D eigenvalue weighted by Crippen LogP contribution is 2.10. The Kier molecular flexibility index (Phi) is 6.21. The molecule has 6 heteroatoms. The van der Waals surface area contributed by atoms with E-state index in [9.17, 15) is 8.78 Å². The van der Waals surface area contributed by atoms with Gasteiger partial charge in [0.2, 0.25) is 0 Å². The molecule has 0 saturated heterocycles. The number of methoxy groups -OCH3 is 1. The summed E-state index contributed by atoms with van der Waals surface area (Å²) in [5, 5.41) is 2.93. The van der Waals surface area contributed by atoms with Gasteiger partial charge in [0.05, 0.1) is 6.61 Å². The van der Waals surface area contributed by atoms with Crippen LogP contribution < -0.4 is 11.1 Å². The number of nitrogens with one attached hydrogen (secondary N) is 1. The van der Waals surface area contributed by atoms with Crippen LogP contribution in [0.1, 0.15) is 12.5 Å². The van der Waals surface area contributed by atoms with Gasteiger partial charge in [-0.05, 0) is 37.1 Å². The van der Waals surface area contributed by atoms with Crippen molar-refractivity contribution in [3.05, 3.63) is 35.4 Å². The molecule has 0 bridgehead atoms. The van der Waals surface area contributed by atoms with Gasteiger partial charge in [-0.2, -0.15) is 0 Å². The highest BCUT2D eigenvalue weighted by Gasteiger charge is 2.04. The molecule has 0 saturated carbocycles. The van der Waals surface area contributed by atoms with Crippen LogP contribution in [0.15, 0.2) is 23.2 Å². The normalized spacial score (nSPS) is 13.4. The van der Waals surface area contributed by atoms with Gasteiger partial charge >= 0.3 is 0 Å². The maximum atomic E-state index is 13.3. The number of guanidine groups is 1. The number of benzene rings is 1. The summed E-state index contributed by atoms with van der Waals surface area (Å²) in [4.78, 5) is 4.05. The van der Waals surface area contributed by atoms with E-state index in [0.717, 1.165) is 12.1 Å². The van der Waals surface area contributed by atoms with Crippen molar-refractivity contribution < 1.29 is 13.5 Å². The van der Waals surface area contributed by atoms with E-state index in [-0.39, 0.29) is 12.0 Å². The molecule has 1 rings (SSSR count). The van der Waals surface area contributed by atoms with Crippen molar-refractivity contribution in [3.63, 3.8) is 0 Å². The van der Waals surface area contributed by atoms with Crippen LogP contribution in [0.5, 0.6) is 0 Å². The number of hydrogen-bond donors (Lipinski definition) is 2. The molecule has 106 valence electrons. The Morgan fingerprint density at radius 2 is 2.21 bits per heavy atom. The lowest BCUT2D eigenvalue weighted by Gasteiger charge is -2.13. The predicted molar refractivity (Wildman–Crippen MR) is 71.0 cm³/mol. The third-order valence-corrected chi connectivity index (χ3v) is 2.48. The molecule has 0 spiro atoms. The first-order valence-corrected chi connectivity index (χ1v) is 6.02. The zero-order valence-corrected chi connectivity index (χ0v) is 11.1. The second kappa shape index (κ2) is 7.68. The fourth-order valence-electron chi connectivity index (χ4n) is 1.62. The minimum absolute atomic E-state index is 0.0413. The summed E-state index contributed by atoms with van der Waals surface area (Å²) in [5.74, 6) is -0.627. The van der Waals surface area contributed by atoms with Gasteiger partial charge in [-0.25, -0.2) is 8.78 Å². The van der Waals surface area contributed by atoms with Gasteiger partial charge < -0.3 is 15.8 Å². The zero-order valence-electron chi connectivity index (χ0n) is 11.1. The molecule has 3 N–H and O–H groups in total. The molecule has 0 fully saturated rings. The highest BCUT2D eigenvalue weighted by molar-refractivity contribution is 5.78. The van der Waals surface area contributed by atoms with Crippen molar-refractivity contribution in [2.45, 2.75) is 19.4 Å². The largest absolute Gasteiger partial charge is 0.383 e. The number of aliphatic imine (C=N–C) groups is 1. The number of nitrogens with two attached hydrogens (primary N) is 1. The minimum atomic E-state index is -0.458. The minimum Gasteiger partial charge on any atom is -0.383 e. The molecule has 4 nitrogen and oxygen atoms in total. The maximum absolute atomic E-state index is 13.3. The van der Waals surface area contributed by atoms with E-state index in [4.69, 9.17) is 10.5 Å². The van der Waals surface area contributed by atoms with E-state index in [1.165, 1.54) is 6.07 Å². The molecular weight excluding hydrogens is 252 g/mol. The zero-order chi connectivity index (χ0) is 14.3. The summed E-state index contributed by atoms with van der Waals surface area (Å²) >= 11 is 0. The molecule has 1 unspecified atom stereocenters. The monoisotopic (exact) mass is 271 g/mol. The fourth-order valence-corrected chi connectivity index (χ4v) is 1.62. The van der Waals surface area contributed by atoms with Gasteiger partial charge in [0.1, 0.15) is 11.6 Å². The summed E-state index contributed by atoms with van der Waals surface area (Å²) in [6.45, 7) is 2.70. The van der Waals surface area contributed by atoms with Gasteiger partial charge in [-0.1, -0.05) is 0 Å². The van der Waals surface area contributed by atoms with Gasteiger partial charge in [-0.3, -0.25) is 4.99 Å². The quantitative estimate of drug-likeness (QED) is 0.608. The Labute approximate surface area is 111 Å². The van der Waals surface area contributed by atoms with Crippen LogP contribution in [-0.2, 0) is 11.2 Å². The summed E-state index contributed by atoms with van der Waals surface area (Å²) in [5.41, 5.74) is 5.95. The summed E-state index contributed by atoms with van der Waals surface area (Å²) in [6.07, 6.45) is 0.296. The van der Waals surface area contributed by atoms with E-state index in [2.05, 4.69) is 10.3 Å². The van der Waals surface area contributed by atoms with Crippen LogP contribution in [0.4, 0.5) is 8.78 Å². The average molecular weight is 271 g/mol. The first-order valence-electron chi connectivity index (χ1n) is 6.02. The second-order valence-electron chi connectivity index (χ2n) is 4.25. The van der Waals surface area contributed by atoms with Crippen molar-refractivity contribution in [2.24, 2.45) is 10.7 Å². The summed E-state index contributed by atoms with van der Waals surface area (Å²) < 4.78 is 31.2. The Morgan fingerprint density at radius 3 is 2.89 bits per heavy atom.